The summed E-state index contributed by atoms with van der Waals surface area (Å²) in [6.07, 6.45) is -1.83. The normalized spacial score (nSPS) is 13.2. The Morgan fingerprint density at radius 2 is 1.79 bits per heavy atom. The van der Waals surface area contributed by atoms with Crippen LogP contribution in [0.2, 0.25) is 5.02 Å². The zero-order chi connectivity index (χ0) is 17.7. The third-order valence-electron chi connectivity index (χ3n) is 3.37. The summed E-state index contributed by atoms with van der Waals surface area (Å²) in [6.45, 7) is 0.146. The summed E-state index contributed by atoms with van der Waals surface area (Å²) in [6, 6.07) is 15.3. The predicted octanol–water partition coefficient (Wildman–Crippen LogP) is 3.38. The van der Waals surface area contributed by atoms with E-state index in [1.807, 2.05) is 42.5 Å². The van der Waals surface area contributed by atoms with Gasteiger partial charge in [0.25, 0.3) is 0 Å². The van der Waals surface area contributed by atoms with Crippen LogP contribution in [0.5, 0.6) is 0 Å². The van der Waals surface area contributed by atoms with Gasteiger partial charge in [0.15, 0.2) is 0 Å². The van der Waals surface area contributed by atoms with Crippen molar-refractivity contribution in [3.63, 3.8) is 0 Å². The lowest BCUT2D eigenvalue weighted by Gasteiger charge is -2.18. The first-order chi connectivity index (χ1) is 11.4. The molecular formula is C17H15ClN2O4. The Balaban J connectivity index is 0.000000471. The number of carbonyl (C=O) groups is 2. The fourth-order valence-electron chi connectivity index (χ4n) is 2.31. The van der Waals surface area contributed by atoms with Crippen LogP contribution in [0.15, 0.2) is 53.5 Å². The smallest absolute Gasteiger partial charge is 0.450 e. The lowest BCUT2D eigenvalue weighted by Crippen LogP contribution is -2.27. The highest BCUT2D eigenvalue weighted by molar-refractivity contribution is 6.32. The van der Waals surface area contributed by atoms with Crippen LogP contribution in [0.1, 0.15) is 11.1 Å². The van der Waals surface area contributed by atoms with E-state index in [-0.39, 0.29) is 12.5 Å². The molecule has 0 aliphatic carbocycles. The summed E-state index contributed by atoms with van der Waals surface area (Å²) in [4.78, 5) is 26.7. The lowest BCUT2D eigenvalue weighted by atomic mass is 10.0. The maximum Gasteiger partial charge on any atom is 0.503 e. The van der Waals surface area contributed by atoms with Gasteiger partial charge in [0.05, 0.1) is 11.4 Å². The summed E-state index contributed by atoms with van der Waals surface area (Å²) in [7, 11) is 1.76. The number of hydrogen-bond acceptors (Lipinski definition) is 3. The zero-order valence-electron chi connectivity index (χ0n) is 12.8. The molecule has 0 saturated heterocycles. The van der Waals surface area contributed by atoms with E-state index in [9.17, 15) is 4.79 Å². The van der Waals surface area contributed by atoms with Gasteiger partial charge in [0, 0.05) is 23.2 Å². The molecule has 0 unspecified atom stereocenters. The third kappa shape index (κ3) is 4.11. The largest absolute Gasteiger partial charge is 0.503 e. The summed E-state index contributed by atoms with van der Waals surface area (Å²) in [5.41, 5.74) is 3.51. The van der Waals surface area contributed by atoms with Gasteiger partial charge < -0.3 is 15.1 Å². The molecule has 1 aliphatic rings. The molecule has 0 radical (unpaired) electrons. The summed E-state index contributed by atoms with van der Waals surface area (Å²) in [5, 5.41) is 14.6. The number of amides is 1. The SMILES string of the molecule is CN1C(=O)CN=C(c2ccccc2)c2cc(Cl)ccc21.O=C(O)O. The van der Waals surface area contributed by atoms with Crippen LogP contribution in [-0.4, -0.2) is 41.6 Å². The Labute approximate surface area is 143 Å². The molecule has 124 valence electrons. The minimum atomic E-state index is -1.83. The Morgan fingerprint density at radius 1 is 1.17 bits per heavy atom. The molecule has 0 fully saturated rings. The number of fused-ring (bicyclic) bond motifs is 1. The second kappa shape index (κ2) is 7.61. The minimum absolute atomic E-state index is 0.0282. The number of carboxylic acid groups (broad SMARTS) is 2. The highest BCUT2D eigenvalue weighted by atomic mass is 35.5. The van der Waals surface area contributed by atoms with Crippen molar-refractivity contribution >= 4 is 35.1 Å². The monoisotopic (exact) mass is 346 g/mol. The number of benzene rings is 2. The number of nitrogens with zero attached hydrogens (tertiary/aromatic N) is 2. The summed E-state index contributed by atoms with van der Waals surface area (Å²) >= 11 is 6.11. The van der Waals surface area contributed by atoms with Crippen LogP contribution in [0.4, 0.5) is 10.5 Å². The van der Waals surface area contributed by atoms with Crippen LogP contribution < -0.4 is 4.90 Å². The van der Waals surface area contributed by atoms with E-state index < -0.39 is 6.16 Å². The first-order valence-corrected chi connectivity index (χ1v) is 7.36. The second-order valence-electron chi connectivity index (χ2n) is 4.93. The Kier molecular flexibility index (Phi) is 5.55. The Hall–Kier alpha value is -2.86. The molecule has 1 heterocycles. The van der Waals surface area contributed by atoms with Gasteiger partial charge >= 0.3 is 6.16 Å². The van der Waals surface area contributed by atoms with E-state index in [1.165, 1.54) is 0 Å². The van der Waals surface area contributed by atoms with Gasteiger partial charge in [-0.25, -0.2) is 4.79 Å². The fourth-order valence-corrected chi connectivity index (χ4v) is 2.48. The first kappa shape index (κ1) is 17.5. The van der Waals surface area contributed by atoms with E-state index in [4.69, 9.17) is 26.6 Å². The van der Waals surface area contributed by atoms with E-state index in [2.05, 4.69) is 4.99 Å². The van der Waals surface area contributed by atoms with Crippen molar-refractivity contribution in [1.82, 2.24) is 0 Å². The second-order valence-corrected chi connectivity index (χ2v) is 5.36. The van der Waals surface area contributed by atoms with E-state index >= 15 is 0 Å². The number of likely N-dealkylation sites (N-methyl/N-ethyl adjacent to an activating group) is 1. The molecule has 1 amide bonds. The molecule has 6 nitrogen and oxygen atoms in total. The summed E-state index contributed by atoms with van der Waals surface area (Å²) in [5.74, 6) is -0.0282. The maximum absolute atomic E-state index is 12.0. The molecule has 2 aromatic rings. The van der Waals surface area contributed by atoms with Crippen LogP contribution in [0.25, 0.3) is 0 Å². The van der Waals surface area contributed by atoms with Crippen molar-refractivity contribution in [3.05, 3.63) is 64.7 Å². The minimum Gasteiger partial charge on any atom is -0.450 e. The van der Waals surface area contributed by atoms with Gasteiger partial charge in [-0.2, -0.15) is 0 Å². The van der Waals surface area contributed by atoms with Gasteiger partial charge in [-0.15, -0.1) is 0 Å². The Bertz CT molecular complexity index is 786. The lowest BCUT2D eigenvalue weighted by molar-refractivity contribution is -0.116. The van der Waals surface area contributed by atoms with Crippen molar-refractivity contribution in [2.75, 3.05) is 18.5 Å². The van der Waals surface area contributed by atoms with Crippen LogP contribution >= 0.6 is 11.6 Å². The van der Waals surface area contributed by atoms with Gasteiger partial charge in [0.2, 0.25) is 5.91 Å². The predicted molar refractivity (Wildman–Crippen MR) is 92.5 cm³/mol. The average molecular weight is 347 g/mol. The number of halogens is 1. The third-order valence-corrected chi connectivity index (χ3v) is 3.60. The maximum atomic E-state index is 12.0. The molecule has 0 spiro atoms. The quantitative estimate of drug-likeness (QED) is 0.828. The highest BCUT2D eigenvalue weighted by Crippen LogP contribution is 2.28. The van der Waals surface area contributed by atoms with Crippen molar-refractivity contribution in [2.24, 2.45) is 4.99 Å². The number of anilines is 1. The molecule has 7 heteroatoms. The van der Waals surface area contributed by atoms with Gasteiger partial charge in [-0.05, 0) is 18.2 Å². The van der Waals surface area contributed by atoms with Crippen LogP contribution in [0.3, 0.4) is 0 Å². The fraction of sp³-hybridized carbons (Fsp3) is 0.118. The molecule has 2 aromatic carbocycles. The molecule has 3 rings (SSSR count). The van der Waals surface area contributed by atoms with Crippen LogP contribution in [-0.2, 0) is 4.79 Å². The first-order valence-electron chi connectivity index (χ1n) is 6.98. The molecular weight excluding hydrogens is 332 g/mol. The van der Waals surface area contributed by atoms with E-state index in [0.29, 0.717) is 5.02 Å². The van der Waals surface area contributed by atoms with Gasteiger partial charge in [0.1, 0.15) is 6.54 Å². The Morgan fingerprint density at radius 3 is 2.42 bits per heavy atom. The molecule has 1 aliphatic heterocycles. The number of benzodiazepines with no additional fused rings is 1. The average Bonchev–Trinajstić information content (AvgIpc) is 2.66. The topological polar surface area (TPSA) is 90.2 Å². The molecule has 0 bridgehead atoms. The molecule has 24 heavy (non-hydrogen) atoms. The standard InChI is InChI=1S/C16H13ClN2O.CH2O3/c1-19-14-8-7-12(17)9-13(14)16(18-10-15(19)20)11-5-3-2-4-6-11;2-1(3)4/h2-9H,10H2,1H3;(H2,2,3,4). The number of carbonyl (C=O) groups excluding carboxylic acids is 1. The van der Waals surface area contributed by atoms with E-state index in [0.717, 1.165) is 22.5 Å². The molecule has 0 aromatic heterocycles. The number of hydrogen-bond donors (Lipinski definition) is 2. The highest BCUT2D eigenvalue weighted by Gasteiger charge is 2.22. The van der Waals surface area contributed by atoms with E-state index in [1.54, 1.807) is 18.0 Å². The van der Waals surface area contributed by atoms with Crippen molar-refractivity contribution in [2.45, 2.75) is 0 Å². The van der Waals surface area contributed by atoms with Crippen molar-refractivity contribution < 1.29 is 19.8 Å². The zero-order valence-corrected chi connectivity index (χ0v) is 13.6. The van der Waals surface area contributed by atoms with Crippen molar-refractivity contribution in [3.8, 4) is 0 Å². The number of rotatable bonds is 1. The molecule has 2 N–H and O–H groups in total. The van der Waals surface area contributed by atoms with Crippen molar-refractivity contribution in [1.29, 1.82) is 0 Å². The van der Waals surface area contributed by atoms with Crippen LogP contribution in [0, 0.1) is 0 Å². The molecule has 0 saturated carbocycles. The van der Waals surface area contributed by atoms with Gasteiger partial charge in [-0.1, -0.05) is 41.9 Å². The summed E-state index contributed by atoms with van der Waals surface area (Å²) < 4.78 is 0. The van der Waals surface area contributed by atoms with Gasteiger partial charge in [-0.3, -0.25) is 9.79 Å². The number of aliphatic imine (C=N–C) groups is 1. The molecule has 0 atom stereocenters.